The molecule has 132 valence electrons. The first-order chi connectivity index (χ1) is 11.9. The van der Waals surface area contributed by atoms with E-state index in [0.717, 1.165) is 11.3 Å². The Hall–Kier alpha value is -2.54. The Morgan fingerprint density at radius 2 is 2.08 bits per heavy atom. The molecule has 6 nitrogen and oxygen atoms in total. The fourth-order valence-electron chi connectivity index (χ4n) is 2.69. The first-order valence-electron chi connectivity index (χ1n) is 8.28. The molecular formula is C18H22FN5O. The third kappa shape index (κ3) is 3.93. The van der Waals surface area contributed by atoms with E-state index in [2.05, 4.69) is 34.4 Å². The molecule has 1 atom stereocenters. The van der Waals surface area contributed by atoms with E-state index in [-0.39, 0.29) is 11.9 Å². The lowest BCUT2D eigenvalue weighted by Crippen LogP contribution is -2.25. The molecule has 0 amide bonds. The number of aryl methyl sites for hydroxylation is 2. The smallest absolute Gasteiger partial charge is 0.244 e. The van der Waals surface area contributed by atoms with Gasteiger partial charge < -0.3 is 9.84 Å². The molecule has 0 saturated heterocycles. The Kier molecular flexibility index (Phi) is 4.94. The van der Waals surface area contributed by atoms with Gasteiger partial charge in [0.05, 0.1) is 17.4 Å². The van der Waals surface area contributed by atoms with Crippen LogP contribution in [0.4, 0.5) is 4.39 Å². The van der Waals surface area contributed by atoms with Crippen LogP contribution < -0.4 is 5.32 Å². The number of aromatic nitrogens is 4. The van der Waals surface area contributed by atoms with Crippen LogP contribution in [0, 0.1) is 25.6 Å². The summed E-state index contributed by atoms with van der Waals surface area (Å²) in [5.74, 6) is 1.22. The first-order valence-corrected chi connectivity index (χ1v) is 8.28. The number of nitrogens with zero attached hydrogens (tertiary/aromatic N) is 4. The molecule has 0 bridgehead atoms. The van der Waals surface area contributed by atoms with Gasteiger partial charge in [-0.1, -0.05) is 25.1 Å². The minimum absolute atomic E-state index is 0.0434. The monoisotopic (exact) mass is 343 g/mol. The van der Waals surface area contributed by atoms with Gasteiger partial charge in [0.1, 0.15) is 5.82 Å². The molecule has 3 rings (SSSR count). The van der Waals surface area contributed by atoms with E-state index in [1.54, 1.807) is 17.7 Å². The van der Waals surface area contributed by atoms with Crippen molar-refractivity contribution < 1.29 is 8.91 Å². The fourth-order valence-corrected chi connectivity index (χ4v) is 2.69. The van der Waals surface area contributed by atoms with E-state index in [0.29, 0.717) is 29.9 Å². The molecule has 1 N–H and O–H groups in total. The van der Waals surface area contributed by atoms with Gasteiger partial charge in [-0.2, -0.15) is 10.1 Å². The largest absolute Gasteiger partial charge is 0.338 e. The molecule has 2 heterocycles. The molecule has 0 saturated carbocycles. The number of benzene rings is 1. The lowest BCUT2D eigenvalue weighted by molar-refractivity contribution is 0.287. The molecule has 2 aromatic heterocycles. The molecule has 0 aliphatic rings. The molecule has 1 aromatic carbocycles. The Bertz CT molecular complexity index is 855. The second-order valence-electron chi connectivity index (χ2n) is 6.45. The predicted molar refractivity (Wildman–Crippen MR) is 91.7 cm³/mol. The standard InChI is InChI=1S/C18H22FN5O/c1-11(2)17(18-21-13(4)23-25-18)20-9-14-10-24(22-12(14)3)16-7-5-6-15(19)8-16/h5-8,10-11,17,20H,9H2,1-4H3. The molecule has 3 aromatic rings. The predicted octanol–water partition coefficient (Wildman–Crippen LogP) is 3.50. The average molecular weight is 343 g/mol. The SMILES string of the molecule is Cc1noc(C(NCc2cn(-c3cccc(F)c3)nc2C)C(C)C)n1. The summed E-state index contributed by atoms with van der Waals surface area (Å²) in [4.78, 5) is 4.33. The number of halogens is 1. The fraction of sp³-hybridized carbons (Fsp3) is 0.389. The van der Waals surface area contributed by atoms with Gasteiger partial charge in [-0.25, -0.2) is 9.07 Å². The Morgan fingerprint density at radius 1 is 1.28 bits per heavy atom. The number of rotatable bonds is 6. The van der Waals surface area contributed by atoms with Crippen LogP contribution in [0.3, 0.4) is 0 Å². The van der Waals surface area contributed by atoms with E-state index >= 15 is 0 Å². The van der Waals surface area contributed by atoms with E-state index in [1.165, 1.54) is 12.1 Å². The molecule has 0 spiro atoms. The molecule has 1 unspecified atom stereocenters. The molecular weight excluding hydrogens is 321 g/mol. The minimum Gasteiger partial charge on any atom is -0.338 e. The summed E-state index contributed by atoms with van der Waals surface area (Å²) < 4.78 is 20.4. The zero-order chi connectivity index (χ0) is 18.0. The third-order valence-electron chi connectivity index (χ3n) is 4.06. The summed E-state index contributed by atoms with van der Waals surface area (Å²) >= 11 is 0. The average Bonchev–Trinajstić information content (AvgIpc) is 3.14. The second kappa shape index (κ2) is 7.14. The summed E-state index contributed by atoms with van der Waals surface area (Å²) in [6.07, 6.45) is 1.91. The van der Waals surface area contributed by atoms with Crippen LogP contribution in [0.2, 0.25) is 0 Å². The van der Waals surface area contributed by atoms with Crippen LogP contribution in [0.15, 0.2) is 35.0 Å². The van der Waals surface area contributed by atoms with Crippen molar-refractivity contribution in [3.8, 4) is 5.69 Å². The summed E-state index contributed by atoms with van der Waals surface area (Å²) in [5, 5.41) is 11.8. The van der Waals surface area contributed by atoms with E-state index < -0.39 is 0 Å². The van der Waals surface area contributed by atoms with Crippen LogP contribution in [0.5, 0.6) is 0 Å². The number of hydrogen-bond donors (Lipinski definition) is 1. The highest BCUT2D eigenvalue weighted by Gasteiger charge is 2.22. The minimum atomic E-state index is -0.281. The summed E-state index contributed by atoms with van der Waals surface area (Å²) in [7, 11) is 0. The van der Waals surface area contributed by atoms with Crippen molar-refractivity contribution in [1.29, 1.82) is 0 Å². The van der Waals surface area contributed by atoms with Gasteiger partial charge in [-0.3, -0.25) is 0 Å². The summed E-state index contributed by atoms with van der Waals surface area (Å²) in [5.41, 5.74) is 2.62. The topological polar surface area (TPSA) is 68.8 Å². The maximum Gasteiger partial charge on any atom is 0.244 e. The number of hydrogen-bond acceptors (Lipinski definition) is 5. The second-order valence-corrected chi connectivity index (χ2v) is 6.45. The molecule has 7 heteroatoms. The summed E-state index contributed by atoms with van der Waals surface area (Å²) in [6, 6.07) is 6.33. The van der Waals surface area contributed by atoms with Gasteiger partial charge in [0.2, 0.25) is 5.89 Å². The lowest BCUT2D eigenvalue weighted by Gasteiger charge is -2.18. The van der Waals surface area contributed by atoms with Crippen LogP contribution in [0.1, 0.15) is 42.9 Å². The molecule has 0 fully saturated rings. The van der Waals surface area contributed by atoms with Gasteiger partial charge in [-0.05, 0) is 38.0 Å². The van der Waals surface area contributed by atoms with Crippen LogP contribution in [-0.2, 0) is 6.54 Å². The van der Waals surface area contributed by atoms with Gasteiger partial charge in [0, 0.05) is 18.3 Å². The highest BCUT2D eigenvalue weighted by atomic mass is 19.1. The maximum atomic E-state index is 13.4. The van der Waals surface area contributed by atoms with Crippen LogP contribution in [0.25, 0.3) is 5.69 Å². The third-order valence-corrected chi connectivity index (χ3v) is 4.06. The number of nitrogens with one attached hydrogen (secondary N) is 1. The molecule has 0 aliphatic heterocycles. The lowest BCUT2D eigenvalue weighted by atomic mass is 10.0. The van der Waals surface area contributed by atoms with Crippen molar-refractivity contribution in [2.24, 2.45) is 5.92 Å². The van der Waals surface area contributed by atoms with Crippen molar-refractivity contribution >= 4 is 0 Å². The Labute approximate surface area is 146 Å². The summed E-state index contributed by atoms with van der Waals surface area (Å²) in [6.45, 7) is 8.54. The van der Waals surface area contributed by atoms with Crippen molar-refractivity contribution in [2.75, 3.05) is 0 Å². The molecule has 0 radical (unpaired) electrons. The van der Waals surface area contributed by atoms with Crippen molar-refractivity contribution in [1.82, 2.24) is 25.2 Å². The van der Waals surface area contributed by atoms with Gasteiger partial charge in [-0.15, -0.1) is 0 Å². The quantitative estimate of drug-likeness (QED) is 0.742. The zero-order valence-electron chi connectivity index (χ0n) is 14.8. The van der Waals surface area contributed by atoms with Gasteiger partial charge in [0.25, 0.3) is 0 Å². The Balaban J connectivity index is 1.76. The Morgan fingerprint density at radius 3 is 2.72 bits per heavy atom. The van der Waals surface area contributed by atoms with E-state index in [1.807, 2.05) is 19.2 Å². The van der Waals surface area contributed by atoms with E-state index in [9.17, 15) is 4.39 Å². The molecule has 25 heavy (non-hydrogen) atoms. The highest BCUT2D eigenvalue weighted by molar-refractivity contribution is 5.33. The zero-order valence-corrected chi connectivity index (χ0v) is 14.8. The van der Waals surface area contributed by atoms with Gasteiger partial charge >= 0.3 is 0 Å². The molecule has 0 aliphatic carbocycles. The first kappa shape index (κ1) is 17.3. The van der Waals surface area contributed by atoms with E-state index in [4.69, 9.17) is 4.52 Å². The maximum absolute atomic E-state index is 13.4. The van der Waals surface area contributed by atoms with Crippen molar-refractivity contribution in [3.63, 3.8) is 0 Å². The van der Waals surface area contributed by atoms with Gasteiger partial charge in [0.15, 0.2) is 5.82 Å². The normalized spacial score (nSPS) is 12.7. The van der Waals surface area contributed by atoms with Crippen molar-refractivity contribution in [2.45, 2.75) is 40.3 Å². The van der Waals surface area contributed by atoms with Crippen LogP contribution in [-0.4, -0.2) is 19.9 Å². The van der Waals surface area contributed by atoms with Crippen LogP contribution >= 0.6 is 0 Å². The highest BCUT2D eigenvalue weighted by Crippen LogP contribution is 2.21. The van der Waals surface area contributed by atoms with Crippen molar-refractivity contribution in [3.05, 3.63) is 59.3 Å².